The summed E-state index contributed by atoms with van der Waals surface area (Å²) in [5.74, 6) is 0.296. The van der Waals surface area contributed by atoms with Crippen LogP contribution in [-0.2, 0) is 22.7 Å². The fraction of sp³-hybridized carbons (Fsp3) is 0.250. The summed E-state index contributed by atoms with van der Waals surface area (Å²) in [5.41, 5.74) is 2.18. The molecular weight excluding hydrogens is 536 g/mol. The minimum Gasteiger partial charge on any atom is -0.467 e. The zero-order valence-corrected chi connectivity index (χ0v) is 22.9. The van der Waals surface area contributed by atoms with Gasteiger partial charge in [0.2, 0.25) is 11.8 Å². The first kappa shape index (κ1) is 28.4. The second-order valence-corrected chi connectivity index (χ2v) is 10.2. The fourth-order valence-electron chi connectivity index (χ4n) is 4.88. The molecule has 5 rings (SSSR count). The number of anilines is 2. The van der Waals surface area contributed by atoms with Gasteiger partial charge in [-0.25, -0.2) is 0 Å². The summed E-state index contributed by atoms with van der Waals surface area (Å²) in [4.78, 5) is 50.4. The van der Waals surface area contributed by atoms with Crippen molar-refractivity contribution in [2.45, 2.75) is 38.8 Å². The molecule has 4 N–H and O–H groups in total. The summed E-state index contributed by atoms with van der Waals surface area (Å²) in [6.45, 7) is 0.591. The topological polar surface area (TPSA) is 143 Å². The highest BCUT2D eigenvalue weighted by molar-refractivity contribution is 5.97. The summed E-state index contributed by atoms with van der Waals surface area (Å²) in [6, 6.07) is 20.5. The molecule has 10 heteroatoms. The van der Waals surface area contributed by atoms with Gasteiger partial charge in [0.05, 0.1) is 25.6 Å². The van der Waals surface area contributed by atoms with Crippen LogP contribution in [0.1, 0.15) is 57.9 Å². The number of hydrogen-bond donors (Lipinski definition) is 4. The van der Waals surface area contributed by atoms with E-state index in [1.54, 1.807) is 85.3 Å². The Hall–Kier alpha value is -5.12. The predicted molar refractivity (Wildman–Crippen MR) is 155 cm³/mol. The van der Waals surface area contributed by atoms with E-state index in [1.165, 1.54) is 0 Å². The van der Waals surface area contributed by atoms with Crippen LogP contribution in [0, 0.1) is 11.8 Å². The first-order valence-electron chi connectivity index (χ1n) is 13.9. The maximum Gasteiger partial charge on any atom is 0.251 e. The lowest BCUT2D eigenvalue weighted by Crippen LogP contribution is -2.32. The van der Waals surface area contributed by atoms with Crippen molar-refractivity contribution in [3.8, 4) is 0 Å². The van der Waals surface area contributed by atoms with E-state index < -0.39 is 0 Å². The number of furan rings is 2. The van der Waals surface area contributed by atoms with Crippen LogP contribution in [0.2, 0.25) is 0 Å². The van der Waals surface area contributed by atoms with E-state index in [-0.39, 0.29) is 35.5 Å². The summed E-state index contributed by atoms with van der Waals surface area (Å²) < 4.78 is 10.4. The highest BCUT2D eigenvalue weighted by atomic mass is 16.3. The lowest BCUT2D eigenvalue weighted by Gasteiger charge is -2.27. The minimum atomic E-state index is -0.233. The maximum absolute atomic E-state index is 12.8. The Kier molecular flexibility index (Phi) is 9.13. The summed E-state index contributed by atoms with van der Waals surface area (Å²) in [5, 5.41) is 11.4. The normalized spacial score (nSPS) is 16.3. The average Bonchev–Trinajstić information content (AvgIpc) is 3.74. The van der Waals surface area contributed by atoms with E-state index in [0.717, 1.165) is 0 Å². The third kappa shape index (κ3) is 7.54. The molecule has 0 spiro atoms. The fourth-order valence-corrected chi connectivity index (χ4v) is 4.88. The van der Waals surface area contributed by atoms with Gasteiger partial charge in [0.15, 0.2) is 0 Å². The SMILES string of the molecule is O=C(NCc1ccco1)c1ccc(NC(=O)C2CCC(C(=O)Nc3ccc(C(=O)NCc4ccco4)cc3)CC2)cc1. The van der Waals surface area contributed by atoms with Gasteiger partial charge in [0, 0.05) is 34.3 Å². The van der Waals surface area contributed by atoms with Crippen LogP contribution >= 0.6 is 0 Å². The molecule has 0 saturated heterocycles. The minimum absolute atomic E-state index is 0.0928. The van der Waals surface area contributed by atoms with Crippen LogP contribution in [0.4, 0.5) is 11.4 Å². The molecule has 0 aliphatic heterocycles. The molecule has 4 aromatic rings. The van der Waals surface area contributed by atoms with E-state index in [0.29, 0.717) is 72.8 Å². The van der Waals surface area contributed by atoms with Crippen LogP contribution < -0.4 is 21.3 Å². The largest absolute Gasteiger partial charge is 0.467 e. The Balaban J connectivity index is 1.03. The summed E-state index contributed by atoms with van der Waals surface area (Å²) in [6.07, 6.45) is 5.52. The first-order valence-corrected chi connectivity index (χ1v) is 13.9. The number of rotatable bonds is 10. The van der Waals surface area contributed by atoms with Crippen LogP contribution in [0.3, 0.4) is 0 Å². The zero-order chi connectivity index (χ0) is 29.3. The number of benzene rings is 2. The van der Waals surface area contributed by atoms with Crippen molar-refractivity contribution in [3.05, 3.63) is 108 Å². The van der Waals surface area contributed by atoms with E-state index in [9.17, 15) is 19.2 Å². The van der Waals surface area contributed by atoms with Crippen LogP contribution in [0.5, 0.6) is 0 Å². The van der Waals surface area contributed by atoms with Crippen LogP contribution in [0.25, 0.3) is 0 Å². The van der Waals surface area contributed by atoms with Gasteiger partial charge < -0.3 is 30.1 Å². The second-order valence-electron chi connectivity index (χ2n) is 10.2. The van der Waals surface area contributed by atoms with Gasteiger partial charge >= 0.3 is 0 Å². The van der Waals surface area contributed by atoms with Gasteiger partial charge in [0.25, 0.3) is 11.8 Å². The molecule has 2 heterocycles. The molecule has 1 aliphatic rings. The third-order valence-corrected chi connectivity index (χ3v) is 7.30. The molecule has 2 aromatic carbocycles. The molecule has 2 aromatic heterocycles. The van der Waals surface area contributed by atoms with E-state index in [1.807, 2.05) is 0 Å². The molecular formula is C32H32N4O6. The lowest BCUT2D eigenvalue weighted by molar-refractivity contribution is -0.125. The molecule has 10 nitrogen and oxygen atoms in total. The number of nitrogens with one attached hydrogen (secondary N) is 4. The van der Waals surface area contributed by atoms with E-state index in [4.69, 9.17) is 8.83 Å². The van der Waals surface area contributed by atoms with Crippen molar-refractivity contribution in [1.29, 1.82) is 0 Å². The maximum atomic E-state index is 12.8. The molecule has 0 unspecified atom stereocenters. The zero-order valence-electron chi connectivity index (χ0n) is 22.9. The van der Waals surface area contributed by atoms with Crippen molar-refractivity contribution >= 4 is 35.0 Å². The van der Waals surface area contributed by atoms with Crippen molar-refractivity contribution < 1.29 is 28.0 Å². The molecule has 4 amide bonds. The number of hydrogen-bond acceptors (Lipinski definition) is 6. The monoisotopic (exact) mass is 568 g/mol. The predicted octanol–water partition coefficient (Wildman–Crippen LogP) is 5.12. The van der Waals surface area contributed by atoms with Crippen molar-refractivity contribution in [1.82, 2.24) is 10.6 Å². The van der Waals surface area contributed by atoms with Gasteiger partial charge in [-0.3, -0.25) is 19.2 Å². The van der Waals surface area contributed by atoms with E-state index >= 15 is 0 Å². The quantitative estimate of drug-likeness (QED) is 0.209. The van der Waals surface area contributed by atoms with Crippen molar-refractivity contribution in [3.63, 3.8) is 0 Å². The van der Waals surface area contributed by atoms with Gasteiger partial charge in [-0.15, -0.1) is 0 Å². The number of amides is 4. The molecule has 0 atom stereocenters. The standard InChI is InChI=1S/C32H32N4O6/c37-29(33-19-27-3-1-17-41-27)21-9-13-25(14-10-21)35-31(39)23-5-7-24(8-6-23)32(40)36-26-15-11-22(12-16-26)30(38)34-20-28-4-2-18-42-28/h1-4,9-18,23-24H,5-8,19-20H2,(H,33,37)(H,34,38)(H,35,39)(H,36,40). The number of carbonyl (C=O) groups excluding carboxylic acids is 4. The average molecular weight is 569 g/mol. The third-order valence-electron chi connectivity index (χ3n) is 7.30. The Morgan fingerprint density at radius 2 is 0.952 bits per heavy atom. The second kappa shape index (κ2) is 13.5. The molecule has 42 heavy (non-hydrogen) atoms. The van der Waals surface area contributed by atoms with Crippen molar-refractivity contribution in [2.75, 3.05) is 10.6 Å². The highest BCUT2D eigenvalue weighted by Gasteiger charge is 2.30. The Bertz CT molecular complexity index is 1370. The Morgan fingerprint density at radius 3 is 1.29 bits per heavy atom. The smallest absolute Gasteiger partial charge is 0.251 e. The molecule has 1 saturated carbocycles. The van der Waals surface area contributed by atoms with Gasteiger partial charge in [-0.05, 0) is 98.5 Å². The molecule has 216 valence electrons. The first-order chi connectivity index (χ1) is 20.4. The Labute approximate surface area is 242 Å². The Morgan fingerprint density at radius 1 is 0.571 bits per heavy atom. The highest BCUT2D eigenvalue weighted by Crippen LogP contribution is 2.30. The van der Waals surface area contributed by atoms with Crippen LogP contribution in [-0.4, -0.2) is 23.6 Å². The molecule has 0 radical (unpaired) electrons. The number of carbonyl (C=O) groups is 4. The van der Waals surface area contributed by atoms with Gasteiger partial charge in [-0.2, -0.15) is 0 Å². The molecule has 1 aliphatic carbocycles. The molecule has 1 fully saturated rings. The molecule has 0 bridgehead atoms. The van der Waals surface area contributed by atoms with Crippen molar-refractivity contribution in [2.24, 2.45) is 11.8 Å². The summed E-state index contributed by atoms with van der Waals surface area (Å²) in [7, 11) is 0. The lowest BCUT2D eigenvalue weighted by atomic mass is 9.81. The van der Waals surface area contributed by atoms with E-state index in [2.05, 4.69) is 21.3 Å². The van der Waals surface area contributed by atoms with Gasteiger partial charge in [-0.1, -0.05) is 0 Å². The van der Waals surface area contributed by atoms with Crippen LogP contribution in [0.15, 0.2) is 94.2 Å². The van der Waals surface area contributed by atoms with Gasteiger partial charge in [0.1, 0.15) is 11.5 Å². The summed E-state index contributed by atoms with van der Waals surface area (Å²) >= 11 is 0.